The van der Waals surface area contributed by atoms with Crippen molar-refractivity contribution in [2.75, 3.05) is 12.3 Å². The minimum Gasteiger partial charge on any atom is -0.382 e. The van der Waals surface area contributed by atoms with Crippen LogP contribution >= 0.6 is 0 Å². The van der Waals surface area contributed by atoms with E-state index in [0.717, 1.165) is 66.1 Å². The number of hydrogen-bond acceptors (Lipinski definition) is 4. The fraction of sp³-hybridized carbons (Fsp3) is 0.385. The largest absolute Gasteiger partial charge is 0.382 e. The van der Waals surface area contributed by atoms with Crippen molar-refractivity contribution < 1.29 is 13.5 Å². The molecular weight excluding hydrogens is 422 g/mol. The van der Waals surface area contributed by atoms with E-state index >= 15 is 0 Å². The predicted octanol–water partition coefficient (Wildman–Crippen LogP) is 6.01. The molecule has 0 unspecified atom stereocenters. The zero-order chi connectivity index (χ0) is 23.6. The van der Waals surface area contributed by atoms with Gasteiger partial charge in [-0.3, -0.25) is 0 Å². The minimum absolute atomic E-state index is 0.0352. The van der Waals surface area contributed by atoms with Gasteiger partial charge in [0.2, 0.25) is 0 Å². The number of halogens is 2. The number of rotatable bonds is 9. The second-order valence-electron chi connectivity index (χ2n) is 8.45. The number of alkyl halides is 2. The van der Waals surface area contributed by atoms with Crippen LogP contribution in [-0.2, 0) is 36.7 Å². The molecule has 0 radical (unpaired) electrons. The Kier molecular flexibility index (Phi) is 6.61. The van der Waals surface area contributed by atoms with Gasteiger partial charge in [0.1, 0.15) is 17.9 Å². The number of fused-ring (bicyclic) bond motifs is 3. The number of nitrogens with zero attached hydrogens (tertiary/aromatic N) is 3. The Morgan fingerprint density at radius 3 is 2.36 bits per heavy atom. The monoisotopic (exact) mass is 452 g/mol. The molecule has 0 saturated heterocycles. The molecule has 2 aromatic heterocycles. The van der Waals surface area contributed by atoms with Gasteiger partial charge in [0.25, 0.3) is 5.92 Å². The topological polar surface area (TPSA) is 66.0 Å². The fourth-order valence-corrected chi connectivity index (χ4v) is 4.18. The van der Waals surface area contributed by atoms with Gasteiger partial charge in [-0.05, 0) is 43.4 Å². The fourth-order valence-electron chi connectivity index (χ4n) is 4.18. The molecule has 0 aliphatic rings. The molecule has 0 saturated carbocycles. The quantitative estimate of drug-likeness (QED) is 0.338. The first-order valence-corrected chi connectivity index (χ1v) is 11.4. The molecule has 2 heterocycles. The van der Waals surface area contributed by atoms with Gasteiger partial charge in [0.15, 0.2) is 5.82 Å². The Bertz CT molecular complexity index is 1260. The van der Waals surface area contributed by atoms with Crippen molar-refractivity contribution in [3.8, 4) is 0 Å². The van der Waals surface area contributed by atoms with Crippen LogP contribution in [-0.4, -0.2) is 21.1 Å². The molecule has 2 aromatic carbocycles. The lowest BCUT2D eigenvalue weighted by Gasteiger charge is -2.12. The molecule has 4 rings (SSSR count). The highest BCUT2D eigenvalue weighted by Gasteiger charge is 2.23. The van der Waals surface area contributed by atoms with E-state index in [9.17, 15) is 8.78 Å². The molecule has 0 spiro atoms. The van der Waals surface area contributed by atoms with Gasteiger partial charge in [0.05, 0.1) is 11.0 Å². The Morgan fingerprint density at radius 2 is 1.70 bits per heavy atom. The van der Waals surface area contributed by atoms with Gasteiger partial charge in [0, 0.05) is 31.0 Å². The van der Waals surface area contributed by atoms with Crippen LogP contribution in [0.25, 0.3) is 21.9 Å². The predicted molar refractivity (Wildman–Crippen MR) is 128 cm³/mol. The first-order chi connectivity index (χ1) is 15.8. The van der Waals surface area contributed by atoms with Crippen LogP contribution in [0.3, 0.4) is 0 Å². The number of aromatic nitrogens is 3. The summed E-state index contributed by atoms with van der Waals surface area (Å²) in [6.07, 6.45) is 2.50. The van der Waals surface area contributed by atoms with Crippen molar-refractivity contribution in [2.45, 2.75) is 59.1 Å². The Balaban J connectivity index is 1.64. The first-order valence-electron chi connectivity index (χ1n) is 11.4. The number of benzene rings is 2. The van der Waals surface area contributed by atoms with Crippen molar-refractivity contribution >= 4 is 27.8 Å². The molecule has 0 fully saturated rings. The third-order valence-electron chi connectivity index (χ3n) is 5.89. The molecule has 7 heteroatoms. The Hall–Kier alpha value is -3.06. The average Bonchev–Trinajstić information content (AvgIpc) is 3.15. The van der Waals surface area contributed by atoms with E-state index in [4.69, 9.17) is 15.5 Å². The Labute approximate surface area is 192 Å². The smallest absolute Gasteiger partial charge is 0.270 e. The highest BCUT2D eigenvalue weighted by Crippen LogP contribution is 2.31. The number of nitrogen functional groups attached to an aromatic ring is 1. The molecule has 0 atom stereocenters. The maximum absolute atomic E-state index is 13.4. The van der Waals surface area contributed by atoms with Gasteiger partial charge in [-0.1, -0.05) is 43.3 Å². The molecule has 5 nitrogen and oxygen atoms in total. The molecule has 0 aliphatic carbocycles. The summed E-state index contributed by atoms with van der Waals surface area (Å²) in [5.41, 5.74) is 11.0. The number of anilines is 1. The van der Waals surface area contributed by atoms with E-state index in [1.807, 2.05) is 6.92 Å². The van der Waals surface area contributed by atoms with Gasteiger partial charge in [-0.25, -0.2) is 18.7 Å². The molecule has 2 N–H and O–H groups in total. The van der Waals surface area contributed by atoms with Gasteiger partial charge < -0.3 is 15.0 Å². The number of ether oxygens (including phenoxy) is 1. The summed E-state index contributed by atoms with van der Waals surface area (Å²) in [4.78, 5) is 9.37. The third kappa shape index (κ3) is 4.83. The van der Waals surface area contributed by atoms with E-state index in [1.54, 1.807) is 12.1 Å². The van der Waals surface area contributed by atoms with E-state index in [-0.39, 0.29) is 5.56 Å². The summed E-state index contributed by atoms with van der Waals surface area (Å²) in [5, 5.41) is 1.01. The van der Waals surface area contributed by atoms with Gasteiger partial charge in [-0.2, -0.15) is 0 Å². The van der Waals surface area contributed by atoms with Crippen LogP contribution in [0.1, 0.15) is 49.7 Å². The zero-order valence-electron chi connectivity index (χ0n) is 19.4. The molecule has 0 aliphatic heterocycles. The van der Waals surface area contributed by atoms with E-state index in [1.165, 1.54) is 12.1 Å². The number of hydrogen-bond donors (Lipinski definition) is 1. The van der Waals surface area contributed by atoms with Gasteiger partial charge in [-0.15, -0.1) is 0 Å². The van der Waals surface area contributed by atoms with Crippen LogP contribution in [0.5, 0.6) is 0 Å². The van der Waals surface area contributed by atoms with Crippen molar-refractivity contribution in [1.29, 1.82) is 0 Å². The van der Waals surface area contributed by atoms with Crippen LogP contribution in [0.15, 0.2) is 42.5 Å². The minimum atomic E-state index is -2.82. The van der Waals surface area contributed by atoms with Crippen molar-refractivity contribution in [3.63, 3.8) is 0 Å². The number of aryl methyl sites for hydroxylation is 3. The number of nitrogens with two attached hydrogens (primary N) is 1. The second-order valence-corrected chi connectivity index (χ2v) is 8.45. The lowest BCUT2D eigenvalue weighted by atomic mass is 10.0. The summed E-state index contributed by atoms with van der Waals surface area (Å²) in [5.74, 6) is -1.54. The second kappa shape index (κ2) is 9.43. The lowest BCUT2D eigenvalue weighted by Crippen LogP contribution is -2.06. The maximum Gasteiger partial charge on any atom is 0.270 e. The third-order valence-corrected chi connectivity index (χ3v) is 5.89. The lowest BCUT2D eigenvalue weighted by molar-refractivity contribution is 0.0174. The molecule has 0 bridgehead atoms. The Morgan fingerprint density at radius 1 is 1.00 bits per heavy atom. The average molecular weight is 453 g/mol. The van der Waals surface area contributed by atoms with Crippen molar-refractivity contribution in [3.05, 3.63) is 65.0 Å². The molecular formula is C26H30F2N4O. The molecule has 0 amide bonds. The molecule has 33 heavy (non-hydrogen) atoms. The highest BCUT2D eigenvalue weighted by molar-refractivity contribution is 6.06. The van der Waals surface area contributed by atoms with Crippen molar-refractivity contribution in [1.82, 2.24) is 14.5 Å². The zero-order valence-corrected chi connectivity index (χ0v) is 19.4. The van der Waals surface area contributed by atoms with Crippen LogP contribution in [0.4, 0.5) is 14.6 Å². The van der Waals surface area contributed by atoms with E-state index in [2.05, 4.69) is 34.7 Å². The summed E-state index contributed by atoms with van der Waals surface area (Å²) < 4.78 is 34.7. The first kappa shape index (κ1) is 23.1. The normalized spacial score (nSPS) is 12.2. The summed E-state index contributed by atoms with van der Waals surface area (Å²) in [6.45, 7) is 6.90. The van der Waals surface area contributed by atoms with Crippen LogP contribution in [0, 0.1) is 0 Å². The number of imidazole rings is 1. The molecule has 4 aromatic rings. The van der Waals surface area contributed by atoms with E-state index < -0.39 is 5.92 Å². The summed E-state index contributed by atoms with van der Waals surface area (Å²) in [7, 11) is 0. The van der Waals surface area contributed by atoms with Crippen LogP contribution < -0.4 is 5.73 Å². The van der Waals surface area contributed by atoms with Gasteiger partial charge >= 0.3 is 0 Å². The van der Waals surface area contributed by atoms with E-state index in [0.29, 0.717) is 24.5 Å². The molecule has 174 valence electrons. The van der Waals surface area contributed by atoms with Crippen molar-refractivity contribution in [2.24, 2.45) is 0 Å². The maximum atomic E-state index is 13.4. The summed E-state index contributed by atoms with van der Waals surface area (Å²) >= 11 is 0. The summed E-state index contributed by atoms with van der Waals surface area (Å²) in [6, 6.07) is 12.8. The number of pyridine rings is 1. The highest BCUT2D eigenvalue weighted by atomic mass is 19.3. The van der Waals surface area contributed by atoms with Crippen LogP contribution in [0.2, 0.25) is 0 Å². The SMILES string of the molecule is CCCn1c(COCC)nc2c(N)nc3cc(CCc4ccc(C(C)(F)F)cc4)ccc3c21. The standard InChI is InChI=1S/C26H30F2N4O/c1-4-14-32-22(16-33-5-2)31-23-24(32)20-13-10-18(15-21(20)30-25(23)29)7-6-17-8-11-19(12-9-17)26(3,27)28/h8-13,15H,4-7,14,16H2,1-3H3,(H2,29,30).